The second-order valence-electron chi connectivity index (χ2n) is 8.45. The minimum atomic E-state index is -3.40. The van der Waals surface area contributed by atoms with Gasteiger partial charge >= 0.3 is 6.03 Å². The fourth-order valence-electron chi connectivity index (χ4n) is 4.36. The van der Waals surface area contributed by atoms with Gasteiger partial charge in [-0.25, -0.2) is 13.2 Å². The van der Waals surface area contributed by atoms with Gasteiger partial charge in [0.15, 0.2) is 11.3 Å². The molecule has 9 nitrogen and oxygen atoms in total. The van der Waals surface area contributed by atoms with Gasteiger partial charge in [0, 0.05) is 17.5 Å². The molecule has 1 saturated heterocycles. The molecule has 10 heteroatoms. The van der Waals surface area contributed by atoms with Gasteiger partial charge in [-0.05, 0) is 49.2 Å². The normalized spacial score (nSPS) is 20.4. The zero-order chi connectivity index (χ0) is 23.5. The van der Waals surface area contributed by atoms with Crippen molar-refractivity contribution in [2.45, 2.75) is 18.9 Å². The molecule has 5 rings (SSSR count). The topological polar surface area (TPSA) is 117 Å². The maximum atomic E-state index is 13.2. The average molecular weight is 468 g/mol. The third kappa shape index (κ3) is 3.37. The average Bonchev–Trinajstić information content (AvgIpc) is 3.44. The van der Waals surface area contributed by atoms with Crippen LogP contribution in [0.3, 0.4) is 0 Å². The molecule has 0 bridgehead atoms. The molecule has 2 aliphatic heterocycles. The molecule has 2 aromatic carbocycles. The van der Waals surface area contributed by atoms with Gasteiger partial charge in [0.2, 0.25) is 10.0 Å². The Morgan fingerprint density at radius 3 is 2.64 bits per heavy atom. The van der Waals surface area contributed by atoms with Gasteiger partial charge < -0.3 is 9.73 Å². The number of Topliss-reactive ketones (excluding diaryl/α,β-unsaturated/α-hetero) is 1. The summed E-state index contributed by atoms with van der Waals surface area (Å²) >= 11 is 0. The molecule has 3 aromatic rings. The van der Waals surface area contributed by atoms with Crippen molar-refractivity contribution in [2.24, 2.45) is 0 Å². The lowest BCUT2D eigenvalue weighted by Gasteiger charge is -2.19. The highest BCUT2D eigenvalue weighted by Crippen LogP contribution is 2.34. The lowest BCUT2D eigenvalue weighted by Crippen LogP contribution is -2.41. The largest absolute Gasteiger partial charge is 0.458 e. The van der Waals surface area contributed by atoms with Crippen LogP contribution >= 0.6 is 0 Å². The van der Waals surface area contributed by atoms with Crippen molar-refractivity contribution < 1.29 is 27.2 Å². The summed E-state index contributed by atoms with van der Waals surface area (Å²) in [6.45, 7) is 1.42. The van der Waals surface area contributed by atoms with Crippen molar-refractivity contribution in [3.63, 3.8) is 0 Å². The Bertz CT molecular complexity index is 1410. The van der Waals surface area contributed by atoms with E-state index in [-0.39, 0.29) is 5.76 Å². The molecule has 1 fully saturated rings. The van der Waals surface area contributed by atoms with E-state index < -0.39 is 39.8 Å². The molecule has 0 spiro atoms. The predicted molar refractivity (Wildman–Crippen MR) is 120 cm³/mol. The summed E-state index contributed by atoms with van der Waals surface area (Å²) in [5, 5.41) is 3.44. The van der Waals surface area contributed by atoms with E-state index in [2.05, 4.69) is 5.32 Å². The maximum Gasteiger partial charge on any atom is 0.325 e. The second kappa shape index (κ2) is 7.17. The van der Waals surface area contributed by atoms with Crippen LogP contribution in [0.4, 0.5) is 10.5 Å². The first-order chi connectivity index (χ1) is 15.6. The van der Waals surface area contributed by atoms with Gasteiger partial charge in [0.1, 0.15) is 11.3 Å². The number of nitrogens with one attached hydrogen (secondary N) is 1. The van der Waals surface area contributed by atoms with Crippen molar-refractivity contribution in [2.75, 3.05) is 23.7 Å². The van der Waals surface area contributed by atoms with E-state index in [0.717, 1.165) is 22.1 Å². The van der Waals surface area contributed by atoms with Crippen LogP contribution in [0.1, 0.15) is 28.6 Å². The highest BCUT2D eigenvalue weighted by atomic mass is 32.2. The zero-order valence-corrected chi connectivity index (χ0v) is 18.8. The summed E-state index contributed by atoms with van der Waals surface area (Å²) in [6, 6.07) is 13.0. The van der Waals surface area contributed by atoms with Gasteiger partial charge in [-0.1, -0.05) is 18.2 Å². The summed E-state index contributed by atoms with van der Waals surface area (Å²) < 4.78 is 30.9. The first-order valence-electron chi connectivity index (χ1n) is 10.3. The molecule has 1 atom stereocenters. The number of benzene rings is 2. The number of carbonyl (C=O) groups is 3. The number of rotatable bonds is 5. The highest BCUT2D eigenvalue weighted by Gasteiger charge is 2.51. The smallest absolute Gasteiger partial charge is 0.325 e. The molecule has 1 aromatic heterocycles. The van der Waals surface area contributed by atoms with Gasteiger partial charge in [0.25, 0.3) is 5.91 Å². The van der Waals surface area contributed by atoms with Crippen LogP contribution in [0.5, 0.6) is 0 Å². The van der Waals surface area contributed by atoms with E-state index in [1.807, 2.05) is 18.2 Å². The summed E-state index contributed by atoms with van der Waals surface area (Å²) in [4.78, 5) is 39.6. The summed E-state index contributed by atoms with van der Waals surface area (Å²) in [5.74, 6) is -0.715. The predicted octanol–water partition coefficient (Wildman–Crippen LogP) is 2.40. The zero-order valence-electron chi connectivity index (χ0n) is 18.0. The first-order valence-corrected chi connectivity index (χ1v) is 12.2. The number of imide groups is 1. The van der Waals surface area contributed by atoms with E-state index in [4.69, 9.17) is 4.42 Å². The van der Waals surface area contributed by atoms with Crippen LogP contribution in [0.25, 0.3) is 11.0 Å². The summed E-state index contributed by atoms with van der Waals surface area (Å²) in [7, 11) is -3.40. The molecule has 0 aliphatic carbocycles. The van der Waals surface area contributed by atoms with Crippen molar-refractivity contribution >= 4 is 44.4 Å². The molecule has 1 unspecified atom stereocenters. The number of amides is 3. The number of hydrogen-bond acceptors (Lipinski definition) is 6. The van der Waals surface area contributed by atoms with Crippen LogP contribution in [-0.2, 0) is 26.8 Å². The fourth-order valence-corrected chi connectivity index (χ4v) is 5.32. The third-order valence-electron chi connectivity index (χ3n) is 6.15. The van der Waals surface area contributed by atoms with E-state index in [1.165, 1.54) is 10.4 Å². The molecule has 170 valence electrons. The molecule has 0 saturated carbocycles. The Morgan fingerprint density at radius 1 is 1.15 bits per heavy atom. The number of para-hydroxylation sites is 1. The molecular formula is C23H21N3O6S. The quantitative estimate of drug-likeness (QED) is 0.455. The van der Waals surface area contributed by atoms with E-state index in [0.29, 0.717) is 29.8 Å². The molecule has 3 amide bonds. The van der Waals surface area contributed by atoms with E-state index in [9.17, 15) is 22.8 Å². The highest BCUT2D eigenvalue weighted by molar-refractivity contribution is 7.92. The number of anilines is 1. The molecule has 0 radical (unpaired) electrons. The number of nitrogens with zero attached hydrogens (tertiary/aromatic N) is 2. The van der Waals surface area contributed by atoms with Crippen molar-refractivity contribution in [3.8, 4) is 0 Å². The van der Waals surface area contributed by atoms with E-state index >= 15 is 0 Å². The molecule has 33 heavy (non-hydrogen) atoms. The van der Waals surface area contributed by atoms with Crippen LogP contribution < -0.4 is 9.62 Å². The minimum absolute atomic E-state index is 0.287. The minimum Gasteiger partial charge on any atom is -0.458 e. The number of sulfonamides is 1. The second-order valence-corrected chi connectivity index (χ2v) is 10.4. The fraction of sp³-hybridized carbons (Fsp3) is 0.261. The third-order valence-corrected chi connectivity index (χ3v) is 7.33. The molecule has 1 N–H and O–H groups in total. The lowest BCUT2D eigenvalue weighted by atomic mass is 9.98. The Hall–Kier alpha value is -3.66. The monoisotopic (exact) mass is 467 g/mol. The van der Waals surface area contributed by atoms with Crippen LogP contribution in [-0.4, -0.2) is 50.4 Å². The Kier molecular flexibility index (Phi) is 4.61. The standard InChI is InChI=1S/C23H21N3O6S/c1-23(20-12-16-5-3-4-6-19(16)32-20)21(28)25(22(29)24-23)13-18(27)15-7-8-17-14(11-15)9-10-26(17)33(2,30)31/h3-8,11-12H,9-10,13H2,1-2H3,(H,24,29). The van der Waals surface area contributed by atoms with Crippen molar-refractivity contribution in [1.29, 1.82) is 0 Å². The maximum absolute atomic E-state index is 13.2. The van der Waals surface area contributed by atoms with Gasteiger partial charge in [0.05, 0.1) is 18.5 Å². The Balaban J connectivity index is 1.38. The summed E-state index contributed by atoms with van der Waals surface area (Å²) in [6.07, 6.45) is 1.62. The molecular weight excluding hydrogens is 446 g/mol. The Labute approximate surface area is 190 Å². The van der Waals surface area contributed by atoms with Gasteiger partial charge in [-0.3, -0.25) is 18.8 Å². The number of carbonyl (C=O) groups excluding carboxylic acids is 3. The van der Waals surface area contributed by atoms with Crippen molar-refractivity contribution in [1.82, 2.24) is 10.2 Å². The van der Waals surface area contributed by atoms with Crippen molar-refractivity contribution in [3.05, 3.63) is 65.4 Å². The van der Waals surface area contributed by atoms with Gasteiger partial charge in [-0.2, -0.15) is 0 Å². The molecule has 3 heterocycles. The van der Waals surface area contributed by atoms with Crippen LogP contribution in [0, 0.1) is 0 Å². The first kappa shape index (κ1) is 21.2. The molecule has 2 aliphatic rings. The number of urea groups is 1. The number of fused-ring (bicyclic) bond motifs is 2. The van der Waals surface area contributed by atoms with Gasteiger partial charge in [-0.15, -0.1) is 0 Å². The number of ketones is 1. The SMILES string of the molecule is CC1(c2cc3ccccc3o2)NC(=O)N(CC(=O)c2ccc3c(c2)CCN3S(C)(=O)=O)C1=O. The summed E-state index contributed by atoms with van der Waals surface area (Å²) in [5.41, 5.74) is 0.746. The number of hydrogen-bond donors (Lipinski definition) is 1. The van der Waals surface area contributed by atoms with Crippen LogP contribution in [0.2, 0.25) is 0 Å². The lowest BCUT2D eigenvalue weighted by molar-refractivity contribution is -0.131. The van der Waals surface area contributed by atoms with E-state index in [1.54, 1.807) is 31.2 Å². The van der Waals surface area contributed by atoms with Crippen LogP contribution in [0.15, 0.2) is 52.9 Å². The number of furan rings is 1. The Morgan fingerprint density at radius 2 is 1.91 bits per heavy atom.